The Morgan fingerprint density at radius 2 is 1.93 bits per heavy atom. The smallest absolute Gasteiger partial charge is 0.289 e. The van der Waals surface area contributed by atoms with Crippen molar-refractivity contribution >= 4 is 11.8 Å². The van der Waals surface area contributed by atoms with Crippen LogP contribution in [0.4, 0.5) is 0 Å². The first-order valence-electron chi connectivity index (χ1n) is 10.6. The molecule has 0 N–H and O–H groups in total. The predicted molar refractivity (Wildman–Crippen MR) is 113 cm³/mol. The average Bonchev–Trinajstić information content (AvgIpc) is 3.38. The van der Waals surface area contributed by atoms with Gasteiger partial charge < -0.3 is 19.3 Å². The van der Waals surface area contributed by atoms with Crippen LogP contribution in [-0.4, -0.2) is 80.8 Å². The minimum Gasteiger partial charge on any atom is -0.334 e. The van der Waals surface area contributed by atoms with Gasteiger partial charge in [-0.05, 0) is 46.5 Å². The second-order valence-corrected chi connectivity index (χ2v) is 8.64. The number of likely N-dealkylation sites (tertiary alicyclic amines) is 1. The summed E-state index contributed by atoms with van der Waals surface area (Å²) in [7, 11) is 4.11. The summed E-state index contributed by atoms with van der Waals surface area (Å²) >= 11 is 0. The van der Waals surface area contributed by atoms with Gasteiger partial charge in [-0.25, -0.2) is 4.98 Å². The summed E-state index contributed by atoms with van der Waals surface area (Å²) < 4.78 is 2.07. The third-order valence-electron chi connectivity index (χ3n) is 6.11. The maximum atomic E-state index is 13.3. The molecule has 2 aromatic heterocycles. The van der Waals surface area contributed by atoms with Gasteiger partial charge in [0.1, 0.15) is 5.69 Å². The molecule has 8 nitrogen and oxygen atoms in total. The van der Waals surface area contributed by atoms with Crippen LogP contribution in [0.1, 0.15) is 58.8 Å². The summed E-state index contributed by atoms with van der Waals surface area (Å²) in [5.41, 5.74) is 2.33. The third kappa shape index (κ3) is 3.71. The van der Waals surface area contributed by atoms with E-state index in [1.54, 1.807) is 23.2 Å². The van der Waals surface area contributed by atoms with Gasteiger partial charge in [-0.3, -0.25) is 14.6 Å². The van der Waals surface area contributed by atoms with Crippen LogP contribution in [0.15, 0.2) is 24.4 Å². The standard InChI is InChI=1S/C22H30N6O2/c1-15(2)28-19-9-12-27(21(29)17-7-5-6-10-23-17)14-18(19)24-20(28)22(30)26-11-8-16(13-26)25(3)4/h5-7,10,15-16H,8-9,11-14H2,1-4H3. The normalized spacial score (nSPS) is 18.9. The molecule has 1 unspecified atom stereocenters. The van der Waals surface area contributed by atoms with Crippen LogP contribution in [-0.2, 0) is 13.0 Å². The number of imidazole rings is 1. The van der Waals surface area contributed by atoms with Crippen molar-refractivity contribution in [3.8, 4) is 0 Å². The van der Waals surface area contributed by atoms with Gasteiger partial charge in [0.15, 0.2) is 5.82 Å². The van der Waals surface area contributed by atoms with Crippen molar-refractivity contribution in [1.29, 1.82) is 0 Å². The second kappa shape index (κ2) is 8.18. The molecule has 160 valence electrons. The number of nitrogens with zero attached hydrogens (tertiary/aromatic N) is 6. The lowest BCUT2D eigenvalue weighted by Gasteiger charge is -2.27. The van der Waals surface area contributed by atoms with Crippen LogP contribution >= 0.6 is 0 Å². The number of carbonyl (C=O) groups excluding carboxylic acids is 2. The van der Waals surface area contributed by atoms with Crippen molar-refractivity contribution in [1.82, 2.24) is 29.2 Å². The topological polar surface area (TPSA) is 74.6 Å². The fourth-order valence-electron chi connectivity index (χ4n) is 4.43. The number of pyridine rings is 1. The number of fused-ring (bicyclic) bond motifs is 1. The molecule has 0 aliphatic carbocycles. The van der Waals surface area contributed by atoms with Crippen LogP contribution in [0.5, 0.6) is 0 Å². The van der Waals surface area contributed by atoms with E-state index in [2.05, 4.69) is 42.4 Å². The molecule has 2 aromatic rings. The summed E-state index contributed by atoms with van der Waals surface area (Å²) in [6.45, 7) is 6.65. The first kappa shape index (κ1) is 20.5. The Hall–Kier alpha value is -2.74. The first-order valence-corrected chi connectivity index (χ1v) is 10.6. The highest BCUT2D eigenvalue weighted by Gasteiger charge is 2.34. The fraction of sp³-hybridized carbons (Fsp3) is 0.545. The lowest BCUT2D eigenvalue weighted by atomic mass is 10.1. The van der Waals surface area contributed by atoms with Crippen LogP contribution in [0, 0.1) is 0 Å². The molecule has 1 fully saturated rings. The number of hydrogen-bond donors (Lipinski definition) is 0. The summed E-state index contributed by atoms with van der Waals surface area (Å²) in [4.78, 5) is 41.0. The largest absolute Gasteiger partial charge is 0.334 e. The molecule has 2 aliphatic rings. The van der Waals surface area contributed by atoms with E-state index >= 15 is 0 Å². The first-order chi connectivity index (χ1) is 14.4. The summed E-state index contributed by atoms with van der Waals surface area (Å²) in [5.74, 6) is 0.396. The molecule has 0 bridgehead atoms. The fourth-order valence-corrected chi connectivity index (χ4v) is 4.43. The van der Waals surface area contributed by atoms with Crippen LogP contribution < -0.4 is 0 Å². The molecule has 4 heterocycles. The van der Waals surface area contributed by atoms with E-state index in [0.29, 0.717) is 37.1 Å². The molecule has 0 saturated carbocycles. The van der Waals surface area contributed by atoms with E-state index in [1.165, 1.54) is 0 Å². The highest BCUT2D eigenvalue weighted by Crippen LogP contribution is 2.26. The molecule has 0 spiro atoms. The maximum absolute atomic E-state index is 13.3. The molecule has 1 saturated heterocycles. The van der Waals surface area contributed by atoms with Crippen molar-refractivity contribution < 1.29 is 9.59 Å². The monoisotopic (exact) mass is 410 g/mol. The molecule has 4 rings (SSSR count). The van der Waals surface area contributed by atoms with E-state index in [0.717, 1.165) is 30.9 Å². The van der Waals surface area contributed by atoms with E-state index in [1.807, 2.05) is 11.0 Å². The number of rotatable bonds is 4. The summed E-state index contributed by atoms with van der Waals surface area (Å²) in [6.07, 6.45) is 3.30. The molecule has 8 heteroatoms. The lowest BCUT2D eigenvalue weighted by Crippen LogP contribution is -2.37. The predicted octanol–water partition coefficient (Wildman–Crippen LogP) is 1.83. The van der Waals surface area contributed by atoms with Gasteiger partial charge in [0.25, 0.3) is 11.8 Å². The third-order valence-corrected chi connectivity index (χ3v) is 6.11. The zero-order valence-corrected chi connectivity index (χ0v) is 18.2. The average molecular weight is 411 g/mol. The van der Waals surface area contributed by atoms with E-state index in [9.17, 15) is 9.59 Å². The Morgan fingerprint density at radius 1 is 1.13 bits per heavy atom. The van der Waals surface area contributed by atoms with Gasteiger partial charge >= 0.3 is 0 Å². The zero-order chi connectivity index (χ0) is 21.4. The van der Waals surface area contributed by atoms with Crippen LogP contribution in [0.2, 0.25) is 0 Å². The molecular weight excluding hydrogens is 380 g/mol. The van der Waals surface area contributed by atoms with E-state index < -0.39 is 0 Å². The van der Waals surface area contributed by atoms with Crippen LogP contribution in [0.25, 0.3) is 0 Å². The molecule has 2 aliphatic heterocycles. The Bertz CT molecular complexity index is 937. The Morgan fingerprint density at radius 3 is 2.57 bits per heavy atom. The molecule has 1 atom stereocenters. The Labute approximate surface area is 177 Å². The van der Waals surface area contributed by atoms with Crippen molar-refractivity contribution in [3.05, 3.63) is 47.3 Å². The molecule has 0 aromatic carbocycles. The van der Waals surface area contributed by atoms with Gasteiger partial charge in [-0.15, -0.1) is 0 Å². The van der Waals surface area contributed by atoms with Crippen LogP contribution in [0.3, 0.4) is 0 Å². The second-order valence-electron chi connectivity index (χ2n) is 8.64. The number of hydrogen-bond acceptors (Lipinski definition) is 5. The SMILES string of the molecule is CC(C)n1c(C(=O)N2CCC(N(C)C)C2)nc2c1CCN(C(=O)c1ccccn1)C2. The van der Waals surface area contributed by atoms with Gasteiger partial charge in [0, 0.05) is 50.0 Å². The number of likely N-dealkylation sites (N-methyl/N-ethyl adjacent to an activating group) is 1. The molecule has 0 radical (unpaired) electrons. The van der Waals surface area contributed by atoms with Crippen molar-refractivity contribution in [2.75, 3.05) is 33.7 Å². The molecule has 30 heavy (non-hydrogen) atoms. The van der Waals surface area contributed by atoms with Crippen molar-refractivity contribution in [2.45, 2.75) is 45.3 Å². The quantitative estimate of drug-likeness (QED) is 0.769. The van der Waals surface area contributed by atoms with Crippen molar-refractivity contribution in [3.63, 3.8) is 0 Å². The van der Waals surface area contributed by atoms with Gasteiger partial charge in [-0.1, -0.05) is 6.07 Å². The summed E-state index contributed by atoms with van der Waals surface area (Å²) in [5, 5.41) is 0. The Balaban J connectivity index is 1.59. The molecule has 2 amide bonds. The number of amides is 2. The maximum Gasteiger partial charge on any atom is 0.289 e. The van der Waals surface area contributed by atoms with Crippen molar-refractivity contribution in [2.24, 2.45) is 0 Å². The summed E-state index contributed by atoms with van der Waals surface area (Å²) in [6, 6.07) is 5.86. The van der Waals surface area contributed by atoms with Gasteiger partial charge in [0.05, 0.1) is 12.2 Å². The minimum atomic E-state index is -0.0957. The Kier molecular flexibility index (Phi) is 5.60. The number of aromatic nitrogens is 3. The zero-order valence-electron chi connectivity index (χ0n) is 18.2. The van der Waals surface area contributed by atoms with Gasteiger partial charge in [0.2, 0.25) is 0 Å². The van der Waals surface area contributed by atoms with E-state index in [4.69, 9.17) is 4.98 Å². The highest BCUT2D eigenvalue weighted by molar-refractivity contribution is 5.93. The lowest BCUT2D eigenvalue weighted by molar-refractivity contribution is 0.0723. The molecular formula is C22H30N6O2. The minimum absolute atomic E-state index is 0.00921. The van der Waals surface area contributed by atoms with Gasteiger partial charge in [-0.2, -0.15) is 0 Å². The van der Waals surface area contributed by atoms with E-state index in [-0.39, 0.29) is 17.9 Å². The number of carbonyl (C=O) groups is 2. The highest BCUT2D eigenvalue weighted by atomic mass is 16.2.